The van der Waals surface area contributed by atoms with Crippen molar-refractivity contribution < 1.29 is 19.0 Å². The molecule has 4 aliphatic rings. The average molecular weight is 320 g/mol. The first-order valence-electron chi connectivity index (χ1n) is 9.07. The van der Waals surface area contributed by atoms with E-state index >= 15 is 0 Å². The summed E-state index contributed by atoms with van der Waals surface area (Å²) in [5.74, 6) is 4.39. The number of hydrogen-bond acceptors (Lipinski definition) is 4. The van der Waals surface area contributed by atoms with E-state index in [1.807, 2.05) is 0 Å². The second-order valence-corrected chi connectivity index (χ2v) is 8.07. The number of methoxy groups -OCH3 is 1. The van der Waals surface area contributed by atoms with E-state index in [1.165, 1.54) is 12.8 Å². The molecule has 0 aromatic heterocycles. The Bertz CT molecular complexity index is 502. The highest BCUT2D eigenvalue weighted by atomic mass is 16.6. The fraction of sp³-hybridized carbons (Fsp3) is 0.842. The van der Waals surface area contributed by atoms with Crippen molar-refractivity contribution >= 4 is 5.97 Å². The van der Waals surface area contributed by atoms with Crippen molar-refractivity contribution in [1.82, 2.24) is 0 Å². The van der Waals surface area contributed by atoms with Gasteiger partial charge in [-0.1, -0.05) is 12.2 Å². The lowest BCUT2D eigenvalue weighted by Crippen LogP contribution is -2.43. The molecule has 4 aliphatic carbocycles. The molecule has 23 heavy (non-hydrogen) atoms. The zero-order valence-electron chi connectivity index (χ0n) is 14.2. The first kappa shape index (κ1) is 15.6. The molecule has 0 aromatic carbocycles. The van der Waals surface area contributed by atoms with E-state index in [1.54, 1.807) is 7.11 Å². The highest BCUT2D eigenvalue weighted by molar-refractivity contribution is 5.77. The van der Waals surface area contributed by atoms with Crippen LogP contribution in [0, 0.1) is 40.9 Å². The van der Waals surface area contributed by atoms with Gasteiger partial charge in [0.15, 0.2) is 0 Å². The van der Waals surface area contributed by atoms with Gasteiger partial charge < -0.3 is 14.2 Å². The van der Waals surface area contributed by atoms with Crippen LogP contribution < -0.4 is 0 Å². The number of allylic oxidation sites excluding steroid dienone is 2. The summed E-state index contributed by atoms with van der Waals surface area (Å²) >= 11 is 0. The molecule has 0 aliphatic heterocycles. The Balaban J connectivity index is 1.33. The third-order valence-corrected chi connectivity index (χ3v) is 7.01. The second-order valence-electron chi connectivity index (χ2n) is 8.07. The summed E-state index contributed by atoms with van der Waals surface area (Å²) in [6.45, 7) is 4.09. The van der Waals surface area contributed by atoms with Crippen molar-refractivity contribution in [2.75, 3.05) is 33.5 Å². The van der Waals surface area contributed by atoms with E-state index in [9.17, 15) is 4.79 Å². The Morgan fingerprint density at radius 1 is 1.09 bits per heavy atom. The van der Waals surface area contributed by atoms with Gasteiger partial charge in [0.05, 0.1) is 25.2 Å². The largest absolute Gasteiger partial charge is 0.463 e. The molecule has 0 spiro atoms. The van der Waals surface area contributed by atoms with Gasteiger partial charge in [0.1, 0.15) is 6.61 Å². The van der Waals surface area contributed by atoms with Crippen molar-refractivity contribution in [3.05, 3.63) is 12.2 Å². The van der Waals surface area contributed by atoms with Crippen molar-refractivity contribution in [3.63, 3.8) is 0 Å². The van der Waals surface area contributed by atoms with Crippen LogP contribution in [0.5, 0.6) is 0 Å². The van der Waals surface area contributed by atoms with Crippen LogP contribution >= 0.6 is 0 Å². The normalized spacial score (nSPS) is 45.7. The minimum atomic E-state index is -0.267. The number of fused-ring (bicyclic) bond motifs is 9. The molecular formula is C19H28O4. The number of hydrogen-bond donors (Lipinski definition) is 0. The zero-order chi connectivity index (χ0) is 16.0. The maximum Gasteiger partial charge on any atom is 0.312 e. The van der Waals surface area contributed by atoms with Crippen LogP contribution in [0.15, 0.2) is 12.2 Å². The molecule has 4 heteroatoms. The van der Waals surface area contributed by atoms with Gasteiger partial charge in [-0.15, -0.1) is 0 Å². The smallest absolute Gasteiger partial charge is 0.312 e. The molecule has 3 fully saturated rings. The molecule has 0 saturated heterocycles. The van der Waals surface area contributed by atoms with Gasteiger partial charge in [-0.25, -0.2) is 0 Å². The van der Waals surface area contributed by atoms with Crippen LogP contribution in [0.2, 0.25) is 0 Å². The molecule has 0 N–H and O–H groups in total. The Labute approximate surface area is 138 Å². The van der Waals surface area contributed by atoms with E-state index in [2.05, 4.69) is 19.1 Å². The fourth-order valence-corrected chi connectivity index (χ4v) is 6.21. The van der Waals surface area contributed by atoms with Crippen LogP contribution in [0.25, 0.3) is 0 Å². The van der Waals surface area contributed by atoms with Crippen LogP contribution in [0.1, 0.15) is 26.2 Å². The van der Waals surface area contributed by atoms with E-state index in [0.29, 0.717) is 32.3 Å². The lowest BCUT2D eigenvalue weighted by Gasteiger charge is -2.41. The Hall–Kier alpha value is -0.870. The predicted molar refractivity (Wildman–Crippen MR) is 85.7 cm³/mol. The van der Waals surface area contributed by atoms with Crippen LogP contribution in [0.4, 0.5) is 0 Å². The molecule has 7 atom stereocenters. The Morgan fingerprint density at radius 2 is 1.83 bits per heavy atom. The maximum absolute atomic E-state index is 12.7. The molecule has 0 aromatic rings. The van der Waals surface area contributed by atoms with E-state index in [-0.39, 0.29) is 11.4 Å². The van der Waals surface area contributed by atoms with Gasteiger partial charge in [-0.2, -0.15) is 0 Å². The topological polar surface area (TPSA) is 44.8 Å². The molecule has 0 radical (unpaired) electrons. The Morgan fingerprint density at radius 3 is 2.61 bits per heavy atom. The summed E-state index contributed by atoms with van der Waals surface area (Å²) in [6.07, 6.45) is 8.46. The second kappa shape index (κ2) is 5.89. The minimum absolute atomic E-state index is 0.00513. The highest BCUT2D eigenvalue weighted by Crippen LogP contribution is 2.70. The van der Waals surface area contributed by atoms with Gasteiger partial charge in [-0.05, 0) is 61.7 Å². The number of carbonyl (C=O) groups is 1. The molecule has 7 unspecified atom stereocenters. The van der Waals surface area contributed by atoms with Crippen LogP contribution in [-0.2, 0) is 19.0 Å². The first-order valence-corrected chi connectivity index (χ1v) is 9.07. The van der Waals surface area contributed by atoms with Gasteiger partial charge in [-0.3, -0.25) is 4.79 Å². The average Bonchev–Trinajstić information content (AvgIpc) is 3.28. The van der Waals surface area contributed by atoms with Crippen molar-refractivity contribution in [1.29, 1.82) is 0 Å². The summed E-state index contributed by atoms with van der Waals surface area (Å²) in [5.41, 5.74) is -0.267. The van der Waals surface area contributed by atoms with Gasteiger partial charge in [0, 0.05) is 7.11 Å². The molecule has 128 valence electrons. The summed E-state index contributed by atoms with van der Waals surface area (Å²) < 4.78 is 15.9. The van der Waals surface area contributed by atoms with E-state index in [4.69, 9.17) is 14.2 Å². The third kappa shape index (κ3) is 2.37. The molecule has 0 heterocycles. The van der Waals surface area contributed by atoms with Crippen LogP contribution in [-0.4, -0.2) is 39.5 Å². The monoisotopic (exact) mass is 320 g/mol. The molecule has 4 rings (SSSR count). The standard InChI is InChI=1S/C19H28O4/c1-19(18(20)23-8-7-22-6-5-21-2)11-14-10-15(19)17-13-4-3-12(9-13)16(14)17/h3-4,12-17H,5-11H2,1-2H3. The summed E-state index contributed by atoms with van der Waals surface area (Å²) in [7, 11) is 1.65. The van der Waals surface area contributed by atoms with E-state index < -0.39 is 0 Å². The molecular weight excluding hydrogens is 292 g/mol. The van der Waals surface area contributed by atoms with Gasteiger partial charge in [0.2, 0.25) is 0 Å². The fourth-order valence-electron chi connectivity index (χ4n) is 6.21. The number of rotatable bonds is 7. The van der Waals surface area contributed by atoms with Crippen molar-refractivity contribution in [2.45, 2.75) is 26.2 Å². The molecule has 0 amide bonds. The molecule has 4 bridgehead atoms. The summed E-state index contributed by atoms with van der Waals surface area (Å²) in [6, 6.07) is 0. The lowest BCUT2D eigenvalue weighted by molar-refractivity contribution is -0.162. The highest BCUT2D eigenvalue weighted by Gasteiger charge is 2.66. The van der Waals surface area contributed by atoms with E-state index in [0.717, 1.165) is 36.0 Å². The number of esters is 1. The SMILES string of the molecule is COCCOCCOC(=O)C1(C)CC2CC1C1C3C=CC(C3)C21. The molecule has 4 nitrogen and oxygen atoms in total. The maximum atomic E-state index is 12.7. The van der Waals surface area contributed by atoms with Gasteiger partial charge in [0.25, 0.3) is 0 Å². The molecule has 3 saturated carbocycles. The quantitative estimate of drug-likeness (QED) is 0.313. The van der Waals surface area contributed by atoms with Crippen molar-refractivity contribution in [2.24, 2.45) is 40.9 Å². The lowest BCUT2D eigenvalue weighted by atomic mass is 9.63. The minimum Gasteiger partial charge on any atom is -0.463 e. The van der Waals surface area contributed by atoms with Crippen molar-refractivity contribution in [3.8, 4) is 0 Å². The zero-order valence-corrected chi connectivity index (χ0v) is 14.2. The summed E-state index contributed by atoms with van der Waals surface area (Å²) in [4.78, 5) is 12.7. The van der Waals surface area contributed by atoms with Crippen LogP contribution in [0.3, 0.4) is 0 Å². The number of carbonyl (C=O) groups excluding carboxylic acids is 1. The first-order chi connectivity index (χ1) is 11.1. The Kier molecular flexibility index (Phi) is 4.01. The number of ether oxygens (including phenoxy) is 3. The summed E-state index contributed by atoms with van der Waals surface area (Å²) in [5, 5.41) is 0. The predicted octanol–water partition coefficient (Wildman–Crippen LogP) is 2.68. The van der Waals surface area contributed by atoms with Gasteiger partial charge >= 0.3 is 5.97 Å². The third-order valence-electron chi connectivity index (χ3n) is 7.01.